The Hall–Kier alpha value is -2.56. The zero-order valence-corrected chi connectivity index (χ0v) is 12.3. The van der Waals surface area contributed by atoms with Crippen molar-refractivity contribution in [3.05, 3.63) is 53.6 Å². The molecule has 22 heavy (non-hydrogen) atoms. The average molecular weight is 297 g/mol. The van der Waals surface area contributed by atoms with Crippen molar-refractivity contribution >= 4 is 16.7 Å². The lowest BCUT2D eigenvalue weighted by Gasteiger charge is -2.28. The number of benzene rings is 1. The Morgan fingerprint density at radius 2 is 2.18 bits per heavy atom. The molecule has 0 bridgehead atoms. The number of nitrogens with one attached hydrogen (secondary N) is 1. The summed E-state index contributed by atoms with van der Waals surface area (Å²) < 4.78 is 18.5. The minimum atomic E-state index is -0.209. The zero-order chi connectivity index (χ0) is 15.1. The molecule has 0 atom stereocenters. The van der Waals surface area contributed by atoms with E-state index in [1.807, 2.05) is 18.2 Å². The third-order valence-corrected chi connectivity index (χ3v) is 4.22. The van der Waals surface area contributed by atoms with E-state index in [4.69, 9.17) is 4.74 Å². The van der Waals surface area contributed by atoms with Gasteiger partial charge < -0.3 is 14.6 Å². The standard InChI is InChI=1S/C17H16FN3O/c1-22-12-3-5-17(19-9-12)21-7-6-15-14(10-21)13-4-2-11(18)8-16(13)20-15/h2-5,8-9,20H,6-7,10H2,1H3. The van der Waals surface area contributed by atoms with Gasteiger partial charge in [0, 0.05) is 41.7 Å². The van der Waals surface area contributed by atoms with Crippen LogP contribution >= 0.6 is 0 Å². The van der Waals surface area contributed by atoms with Gasteiger partial charge in [0.25, 0.3) is 0 Å². The summed E-state index contributed by atoms with van der Waals surface area (Å²) in [6.45, 7) is 1.67. The number of aromatic nitrogens is 2. The molecule has 0 aliphatic carbocycles. The maximum absolute atomic E-state index is 13.4. The van der Waals surface area contributed by atoms with E-state index in [-0.39, 0.29) is 5.82 Å². The summed E-state index contributed by atoms with van der Waals surface area (Å²) in [6.07, 6.45) is 2.63. The molecule has 112 valence electrons. The van der Waals surface area contributed by atoms with Crippen LogP contribution in [-0.2, 0) is 13.0 Å². The Labute approximate surface area is 127 Å². The third kappa shape index (κ3) is 2.09. The minimum Gasteiger partial charge on any atom is -0.495 e. The van der Waals surface area contributed by atoms with E-state index in [1.54, 1.807) is 19.4 Å². The highest BCUT2D eigenvalue weighted by Crippen LogP contribution is 2.30. The highest BCUT2D eigenvalue weighted by molar-refractivity contribution is 5.85. The molecule has 3 aromatic rings. The van der Waals surface area contributed by atoms with Crippen molar-refractivity contribution in [1.82, 2.24) is 9.97 Å². The van der Waals surface area contributed by atoms with Gasteiger partial charge in [-0.2, -0.15) is 0 Å². The smallest absolute Gasteiger partial charge is 0.137 e. The monoisotopic (exact) mass is 297 g/mol. The van der Waals surface area contributed by atoms with Crippen LogP contribution in [0.1, 0.15) is 11.3 Å². The summed E-state index contributed by atoms with van der Waals surface area (Å²) in [4.78, 5) is 10.0. The lowest BCUT2D eigenvalue weighted by Crippen LogP contribution is -2.30. The summed E-state index contributed by atoms with van der Waals surface area (Å²) in [5.41, 5.74) is 3.30. The molecular formula is C17H16FN3O. The van der Waals surface area contributed by atoms with E-state index >= 15 is 0 Å². The largest absolute Gasteiger partial charge is 0.495 e. The fraction of sp³-hybridized carbons (Fsp3) is 0.235. The molecule has 0 saturated carbocycles. The Morgan fingerprint density at radius 1 is 1.27 bits per heavy atom. The average Bonchev–Trinajstić information content (AvgIpc) is 2.91. The van der Waals surface area contributed by atoms with Gasteiger partial charge in [0.05, 0.1) is 13.3 Å². The Bertz CT molecular complexity index is 826. The fourth-order valence-corrected chi connectivity index (χ4v) is 3.07. The quantitative estimate of drug-likeness (QED) is 0.789. The third-order valence-electron chi connectivity index (χ3n) is 4.22. The van der Waals surface area contributed by atoms with Crippen LogP contribution in [0.2, 0.25) is 0 Å². The van der Waals surface area contributed by atoms with Gasteiger partial charge in [0.1, 0.15) is 17.4 Å². The first kappa shape index (κ1) is 13.1. The Morgan fingerprint density at radius 3 is 2.95 bits per heavy atom. The van der Waals surface area contributed by atoms with Crippen LogP contribution in [0.5, 0.6) is 5.75 Å². The van der Waals surface area contributed by atoms with Gasteiger partial charge in [-0.3, -0.25) is 0 Å². The second-order valence-electron chi connectivity index (χ2n) is 5.50. The molecule has 4 rings (SSSR count). The van der Waals surface area contributed by atoms with Crippen molar-refractivity contribution < 1.29 is 9.13 Å². The van der Waals surface area contributed by atoms with E-state index in [1.165, 1.54) is 17.3 Å². The number of halogens is 1. The van der Waals surface area contributed by atoms with Crippen LogP contribution in [0.25, 0.3) is 10.9 Å². The van der Waals surface area contributed by atoms with Crippen LogP contribution in [0.3, 0.4) is 0 Å². The van der Waals surface area contributed by atoms with Gasteiger partial charge in [0.2, 0.25) is 0 Å². The maximum Gasteiger partial charge on any atom is 0.137 e. The molecule has 3 heterocycles. The van der Waals surface area contributed by atoms with E-state index in [9.17, 15) is 4.39 Å². The van der Waals surface area contributed by atoms with Crippen LogP contribution in [0.15, 0.2) is 36.5 Å². The number of H-pyrrole nitrogens is 1. The lowest BCUT2D eigenvalue weighted by atomic mass is 10.0. The van der Waals surface area contributed by atoms with Crippen molar-refractivity contribution in [3.8, 4) is 5.75 Å². The van der Waals surface area contributed by atoms with Crippen molar-refractivity contribution in [3.63, 3.8) is 0 Å². The Kier molecular flexibility index (Phi) is 2.99. The fourth-order valence-electron chi connectivity index (χ4n) is 3.07. The van der Waals surface area contributed by atoms with Crippen LogP contribution in [0, 0.1) is 5.82 Å². The number of hydrogen-bond acceptors (Lipinski definition) is 3. The molecule has 1 N–H and O–H groups in total. The van der Waals surface area contributed by atoms with Gasteiger partial charge in [0.15, 0.2) is 0 Å². The number of hydrogen-bond donors (Lipinski definition) is 1. The highest BCUT2D eigenvalue weighted by atomic mass is 19.1. The molecule has 0 spiro atoms. The highest BCUT2D eigenvalue weighted by Gasteiger charge is 2.21. The first-order chi connectivity index (χ1) is 10.7. The summed E-state index contributed by atoms with van der Waals surface area (Å²) >= 11 is 0. The predicted octanol–water partition coefficient (Wildman–Crippen LogP) is 3.27. The minimum absolute atomic E-state index is 0.209. The van der Waals surface area contributed by atoms with E-state index < -0.39 is 0 Å². The number of methoxy groups -OCH3 is 1. The molecule has 1 aromatic carbocycles. The van der Waals surface area contributed by atoms with E-state index in [2.05, 4.69) is 14.9 Å². The predicted molar refractivity (Wildman–Crippen MR) is 83.8 cm³/mol. The number of pyridine rings is 1. The number of ether oxygens (including phenoxy) is 1. The summed E-state index contributed by atoms with van der Waals surface area (Å²) in [6, 6.07) is 8.82. The second-order valence-corrected chi connectivity index (χ2v) is 5.50. The van der Waals surface area contributed by atoms with Crippen LogP contribution < -0.4 is 9.64 Å². The molecule has 4 nitrogen and oxygen atoms in total. The Balaban J connectivity index is 1.69. The normalized spacial score (nSPS) is 14.2. The number of anilines is 1. The van der Waals surface area contributed by atoms with Gasteiger partial charge in [-0.1, -0.05) is 0 Å². The first-order valence-electron chi connectivity index (χ1n) is 7.28. The number of fused-ring (bicyclic) bond motifs is 3. The molecule has 0 saturated heterocycles. The van der Waals surface area contributed by atoms with Crippen molar-refractivity contribution in [2.45, 2.75) is 13.0 Å². The van der Waals surface area contributed by atoms with E-state index in [0.29, 0.717) is 0 Å². The molecule has 5 heteroatoms. The molecule has 0 radical (unpaired) electrons. The number of nitrogens with zero attached hydrogens (tertiary/aromatic N) is 2. The van der Waals surface area contributed by atoms with Crippen LogP contribution in [-0.4, -0.2) is 23.6 Å². The second kappa shape index (κ2) is 5.02. The summed E-state index contributed by atoms with van der Waals surface area (Å²) in [5, 5.41) is 1.09. The molecular weight excluding hydrogens is 281 g/mol. The number of rotatable bonds is 2. The molecule has 2 aromatic heterocycles. The molecule has 0 amide bonds. The van der Waals surface area contributed by atoms with Gasteiger partial charge in [-0.15, -0.1) is 0 Å². The molecule has 1 aliphatic rings. The van der Waals surface area contributed by atoms with Crippen molar-refractivity contribution in [1.29, 1.82) is 0 Å². The lowest BCUT2D eigenvalue weighted by molar-refractivity contribution is 0.413. The van der Waals surface area contributed by atoms with Crippen LogP contribution in [0.4, 0.5) is 10.2 Å². The zero-order valence-electron chi connectivity index (χ0n) is 12.3. The number of aromatic amines is 1. The van der Waals surface area contributed by atoms with Crippen molar-refractivity contribution in [2.75, 3.05) is 18.6 Å². The summed E-state index contributed by atoms with van der Waals surface area (Å²) in [7, 11) is 1.63. The van der Waals surface area contributed by atoms with Gasteiger partial charge in [-0.25, -0.2) is 9.37 Å². The van der Waals surface area contributed by atoms with Gasteiger partial charge >= 0.3 is 0 Å². The molecule has 0 unspecified atom stereocenters. The van der Waals surface area contributed by atoms with Crippen molar-refractivity contribution in [2.24, 2.45) is 0 Å². The van der Waals surface area contributed by atoms with Gasteiger partial charge in [-0.05, 0) is 30.3 Å². The maximum atomic E-state index is 13.4. The molecule has 0 fully saturated rings. The van der Waals surface area contributed by atoms with E-state index in [0.717, 1.165) is 42.0 Å². The summed E-state index contributed by atoms with van der Waals surface area (Å²) in [5.74, 6) is 1.48. The molecule has 1 aliphatic heterocycles. The topological polar surface area (TPSA) is 41.1 Å². The SMILES string of the molecule is COc1ccc(N2CCc3[nH]c4cc(F)ccc4c3C2)nc1. The first-order valence-corrected chi connectivity index (χ1v) is 7.28.